The summed E-state index contributed by atoms with van der Waals surface area (Å²) in [6.45, 7) is 6.09. The monoisotopic (exact) mass is 360 g/mol. The fourth-order valence-corrected chi connectivity index (χ4v) is 3.30. The highest BCUT2D eigenvalue weighted by atomic mass is 32.2. The summed E-state index contributed by atoms with van der Waals surface area (Å²) in [5, 5.41) is 2.85. The van der Waals surface area contributed by atoms with Crippen LogP contribution in [0.5, 0.6) is 0 Å². The fourth-order valence-electron chi connectivity index (χ4n) is 2.28. The molecule has 0 bridgehead atoms. The molecule has 6 heteroatoms. The van der Waals surface area contributed by atoms with Crippen molar-refractivity contribution in [3.8, 4) is 0 Å². The molecule has 0 saturated carbocycles. The second-order valence-corrected chi connectivity index (χ2v) is 7.89. The summed E-state index contributed by atoms with van der Waals surface area (Å²) in [4.78, 5) is 12.2. The van der Waals surface area contributed by atoms with Crippen LogP contribution in [0.15, 0.2) is 53.4 Å². The first-order chi connectivity index (χ1) is 11.8. The summed E-state index contributed by atoms with van der Waals surface area (Å²) < 4.78 is 27.3. The molecule has 0 fully saturated rings. The van der Waals surface area contributed by atoms with Gasteiger partial charge in [-0.1, -0.05) is 36.8 Å². The van der Waals surface area contributed by atoms with Crippen LogP contribution in [0.2, 0.25) is 0 Å². The van der Waals surface area contributed by atoms with Gasteiger partial charge in [0.05, 0.1) is 4.90 Å². The lowest BCUT2D eigenvalue weighted by molar-refractivity contribution is 0.0939. The minimum Gasteiger partial charge on any atom is -0.350 e. The van der Waals surface area contributed by atoms with Gasteiger partial charge in [-0.25, -0.2) is 13.1 Å². The van der Waals surface area contributed by atoms with Crippen LogP contribution in [0.3, 0.4) is 0 Å². The molecule has 0 saturated heterocycles. The summed E-state index contributed by atoms with van der Waals surface area (Å²) in [5.74, 6) is -0.203. The van der Waals surface area contributed by atoms with Gasteiger partial charge >= 0.3 is 0 Å². The number of aryl methyl sites for hydroxylation is 1. The molecule has 0 radical (unpaired) electrons. The molecule has 0 aliphatic rings. The molecule has 1 unspecified atom stereocenters. The number of benzene rings is 2. The molecule has 0 aliphatic carbocycles. The number of hydrogen-bond donors (Lipinski definition) is 2. The Bertz CT molecular complexity index is 830. The van der Waals surface area contributed by atoms with Crippen molar-refractivity contribution in [2.45, 2.75) is 44.7 Å². The number of rotatable bonds is 7. The van der Waals surface area contributed by atoms with Crippen LogP contribution in [-0.2, 0) is 16.6 Å². The molecule has 2 aromatic rings. The summed E-state index contributed by atoms with van der Waals surface area (Å²) in [5.41, 5.74) is 2.42. The van der Waals surface area contributed by atoms with Crippen LogP contribution >= 0.6 is 0 Å². The van der Waals surface area contributed by atoms with E-state index in [1.807, 2.05) is 45.0 Å². The molecule has 2 N–H and O–H groups in total. The molecule has 134 valence electrons. The SMILES string of the molecule is CCC(C)NC(=O)c1ccc(S(=O)(=O)NCc2cccc(C)c2)cc1. The third kappa shape index (κ3) is 5.41. The summed E-state index contributed by atoms with van der Waals surface area (Å²) in [7, 11) is -3.62. The second-order valence-electron chi connectivity index (χ2n) is 6.12. The smallest absolute Gasteiger partial charge is 0.251 e. The molecule has 2 rings (SSSR count). The number of amides is 1. The van der Waals surface area contributed by atoms with Crippen molar-refractivity contribution in [2.24, 2.45) is 0 Å². The minimum absolute atomic E-state index is 0.0758. The third-order valence-electron chi connectivity index (χ3n) is 3.97. The first kappa shape index (κ1) is 19.1. The summed E-state index contributed by atoms with van der Waals surface area (Å²) in [6, 6.07) is 13.7. The van der Waals surface area contributed by atoms with Crippen molar-refractivity contribution in [3.63, 3.8) is 0 Å². The van der Waals surface area contributed by atoms with E-state index in [1.54, 1.807) is 0 Å². The summed E-state index contributed by atoms with van der Waals surface area (Å²) >= 11 is 0. The van der Waals surface area contributed by atoms with E-state index in [0.717, 1.165) is 17.5 Å². The van der Waals surface area contributed by atoms with Crippen LogP contribution < -0.4 is 10.0 Å². The van der Waals surface area contributed by atoms with Gasteiger partial charge in [-0.15, -0.1) is 0 Å². The van der Waals surface area contributed by atoms with E-state index in [4.69, 9.17) is 0 Å². The van der Waals surface area contributed by atoms with Crippen LogP contribution in [0.4, 0.5) is 0 Å². The maximum Gasteiger partial charge on any atom is 0.251 e. The van der Waals surface area contributed by atoms with Gasteiger partial charge < -0.3 is 5.32 Å². The molecule has 25 heavy (non-hydrogen) atoms. The predicted molar refractivity (Wildman–Crippen MR) is 98.9 cm³/mol. The normalized spacial score (nSPS) is 12.6. The van der Waals surface area contributed by atoms with Gasteiger partial charge in [0, 0.05) is 18.2 Å². The molecule has 0 aromatic heterocycles. The topological polar surface area (TPSA) is 75.3 Å². The van der Waals surface area contributed by atoms with E-state index < -0.39 is 10.0 Å². The lowest BCUT2D eigenvalue weighted by Gasteiger charge is -2.12. The van der Waals surface area contributed by atoms with Gasteiger partial charge in [0.25, 0.3) is 5.91 Å². The first-order valence-electron chi connectivity index (χ1n) is 8.28. The van der Waals surface area contributed by atoms with Crippen LogP contribution in [0.25, 0.3) is 0 Å². The van der Waals surface area contributed by atoms with Gasteiger partial charge in [0.15, 0.2) is 0 Å². The van der Waals surface area contributed by atoms with E-state index in [0.29, 0.717) is 5.56 Å². The zero-order valence-corrected chi connectivity index (χ0v) is 15.6. The molecule has 2 aromatic carbocycles. The predicted octanol–water partition coefficient (Wildman–Crippen LogP) is 3.00. The van der Waals surface area contributed by atoms with Gasteiger partial charge in [-0.05, 0) is 50.1 Å². The molecule has 1 amide bonds. The number of carbonyl (C=O) groups is 1. The maximum atomic E-state index is 12.4. The van der Waals surface area contributed by atoms with Gasteiger partial charge in [-0.2, -0.15) is 0 Å². The van der Waals surface area contributed by atoms with E-state index >= 15 is 0 Å². The Balaban J connectivity index is 2.05. The molecular weight excluding hydrogens is 336 g/mol. The molecule has 1 atom stereocenters. The number of sulfonamides is 1. The van der Waals surface area contributed by atoms with Crippen molar-refractivity contribution >= 4 is 15.9 Å². The van der Waals surface area contributed by atoms with Crippen LogP contribution in [0.1, 0.15) is 41.8 Å². The van der Waals surface area contributed by atoms with Crippen LogP contribution in [0, 0.1) is 6.92 Å². The Morgan fingerprint density at radius 3 is 2.40 bits per heavy atom. The maximum absolute atomic E-state index is 12.4. The molecule has 0 spiro atoms. The first-order valence-corrected chi connectivity index (χ1v) is 9.76. The van der Waals surface area contributed by atoms with Crippen molar-refractivity contribution in [1.82, 2.24) is 10.0 Å². The van der Waals surface area contributed by atoms with E-state index in [1.165, 1.54) is 24.3 Å². The highest BCUT2D eigenvalue weighted by molar-refractivity contribution is 7.89. The largest absolute Gasteiger partial charge is 0.350 e. The van der Waals surface area contributed by atoms with Crippen molar-refractivity contribution in [2.75, 3.05) is 0 Å². The van der Waals surface area contributed by atoms with Crippen molar-refractivity contribution in [3.05, 3.63) is 65.2 Å². The number of hydrogen-bond acceptors (Lipinski definition) is 3. The summed E-state index contributed by atoms with van der Waals surface area (Å²) in [6.07, 6.45) is 0.834. The Morgan fingerprint density at radius 1 is 1.12 bits per heavy atom. The minimum atomic E-state index is -3.62. The lowest BCUT2D eigenvalue weighted by atomic mass is 10.1. The average molecular weight is 360 g/mol. The molecule has 0 aliphatic heterocycles. The Labute approximate surface area is 149 Å². The van der Waals surface area contributed by atoms with Gasteiger partial charge in [0.2, 0.25) is 10.0 Å². The third-order valence-corrected chi connectivity index (χ3v) is 5.38. The van der Waals surface area contributed by atoms with Crippen molar-refractivity contribution in [1.29, 1.82) is 0 Å². The Hall–Kier alpha value is -2.18. The fraction of sp³-hybridized carbons (Fsp3) is 0.316. The van der Waals surface area contributed by atoms with E-state index in [9.17, 15) is 13.2 Å². The average Bonchev–Trinajstić information content (AvgIpc) is 2.60. The van der Waals surface area contributed by atoms with Crippen molar-refractivity contribution < 1.29 is 13.2 Å². The zero-order valence-electron chi connectivity index (χ0n) is 14.7. The van der Waals surface area contributed by atoms with Crippen LogP contribution in [-0.4, -0.2) is 20.4 Å². The Kier molecular flexibility index (Phi) is 6.33. The van der Waals surface area contributed by atoms with Gasteiger partial charge in [-0.3, -0.25) is 4.79 Å². The highest BCUT2D eigenvalue weighted by Crippen LogP contribution is 2.12. The molecule has 0 heterocycles. The lowest BCUT2D eigenvalue weighted by Crippen LogP contribution is -2.32. The Morgan fingerprint density at radius 2 is 1.80 bits per heavy atom. The van der Waals surface area contributed by atoms with E-state index in [-0.39, 0.29) is 23.4 Å². The quantitative estimate of drug-likeness (QED) is 0.797. The molecule has 5 nitrogen and oxygen atoms in total. The highest BCUT2D eigenvalue weighted by Gasteiger charge is 2.15. The second kappa shape index (κ2) is 8.27. The van der Waals surface area contributed by atoms with E-state index in [2.05, 4.69) is 10.0 Å². The zero-order chi connectivity index (χ0) is 18.4. The number of carbonyl (C=O) groups excluding carboxylic acids is 1. The standard InChI is InChI=1S/C19H24N2O3S/c1-4-15(3)21-19(22)17-8-10-18(11-9-17)25(23,24)20-13-16-7-5-6-14(2)12-16/h5-12,15,20H,4,13H2,1-3H3,(H,21,22). The molecular formula is C19H24N2O3S. The number of nitrogens with one attached hydrogen (secondary N) is 2. The van der Waals surface area contributed by atoms with Gasteiger partial charge in [0.1, 0.15) is 0 Å².